The van der Waals surface area contributed by atoms with Gasteiger partial charge in [0, 0.05) is 17.0 Å². The van der Waals surface area contributed by atoms with Crippen LogP contribution in [0.15, 0.2) is 54.6 Å². The first kappa shape index (κ1) is 15.4. The smallest absolute Gasteiger partial charge is 0.360 e. The number of aromatic amines is 1. The molecule has 3 aromatic rings. The van der Waals surface area contributed by atoms with Crippen molar-refractivity contribution in [3.05, 3.63) is 65.9 Å². The third-order valence-electron chi connectivity index (χ3n) is 4.15. The summed E-state index contributed by atoms with van der Waals surface area (Å²) < 4.78 is 5.55. The van der Waals surface area contributed by atoms with E-state index < -0.39 is 12.1 Å². The fraction of sp³-hybridized carbons (Fsp3) is 0.211. The van der Waals surface area contributed by atoms with Gasteiger partial charge in [-0.25, -0.2) is 4.79 Å². The van der Waals surface area contributed by atoms with Crippen molar-refractivity contribution in [1.29, 1.82) is 0 Å². The second kappa shape index (κ2) is 6.39. The van der Waals surface area contributed by atoms with Crippen LogP contribution in [0.3, 0.4) is 0 Å². The van der Waals surface area contributed by atoms with Crippen LogP contribution >= 0.6 is 0 Å². The van der Waals surface area contributed by atoms with E-state index in [2.05, 4.69) is 15.5 Å². The molecule has 6 nitrogen and oxygen atoms in total. The van der Waals surface area contributed by atoms with Crippen molar-refractivity contribution in [2.75, 3.05) is 0 Å². The lowest BCUT2D eigenvalue weighted by Crippen LogP contribution is -2.33. The molecule has 2 N–H and O–H groups in total. The standard InChI is InChI=1S/C19H17N3O3/c23-18(20-13-10-11-13)17(12-6-2-1-3-7-12)25-19(24)16-14-8-4-5-9-15(14)21-22-16/h1-9,13,17H,10-11H2,(H,20,23)(H,21,22)/t17-/m1/s1. The number of ether oxygens (including phenoxy) is 1. The van der Waals surface area contributed by atoms with Gasteiger partial charge in [-0.1, -0.05) is 48.5 Å². The van der Waals surface area contributed by atoms with E-state index in [1.807, 2.05) is 36.4 Å². The zero-order valence-electron chi connectivity index (χ0n) is 13.4. The zero-order valence-corrected chi connectivity index (χ0v) is 13.4. The largest absolute Gasteiger partial charge is 0.442 e. The van der Waals surface area contributed by atoms with Crippen molar-refractivity contribution in [2.45, 2.75) is 25.0 Å². The summed E-state index contributed by atoms with van der Waals surface area (Å²) in [7, 11) is 0. The number of benzene rings is 2. The van der Waals surface area contributed by atoms with E-state index in [9.17, 15) is 9.59 Å². The molecule has 1 amide bonds. The third kappa shape index (κ3) is 3.24. The number of carbonyl (C=O) groups excluding carboxylic acids is 2. The maximum absolute atomic E-state index is 12.6. The Hall–Kier alpha value is -3.15. The molecule has 0 unspecified atom stereocenters. The van der Waals surface area contributed by atoms with E-state index in [-0.39, 0.29) is 17.6 Å². The van der Waals surface area contributed by atoms with Crippen molar-refractivity contribution in [2.24, 2.45) is 0 Å². The quantitative estimate of drug-likeness (QED) is 0.702. The van der Waals surface area contributed by atoms with Gasteiger partial charge in [0.25, 0.3) is 5.91 Å². The van der Waals surface area contributed by atoms with Crippen molar-refractivity contribution >= 4 is 22.8 Å². The van der Waals surface area contributed by atoms with Crippen LogP contribution in [0.1, 0.15) is 35.0 Å². The third-order valence-corrected chi connectivity index (χ3v) is 4.15. The molecule has 1 aliphatic carbocycles. The predicted octanol–water partition coefficient (Wildman–Crippen LogP) is 2.74. The second-order valence-electron chi connectivity index (χ2n) is 6.10. The molecule has 1 aliphatic rings. The topological polar surface area (TPSA) is 84.1 Å². The Morgan fingerprint density at radius 3 is 2.56 bits per heavy atom. The van der Waals surface area contributed by atoms with Crippen molar-refractivity contribution < 1.29 is 14.3 Å². The Bertz CT molecular complexity index is 916. The van der Waals surface area contributed by atoms with Crippen molar-refractivity contribution in [3.8, 4) is 0 Å². The molecule has 0 bridgehead atoms. The van der Waals surface area contributed by atoms with E-state index in [1.165, 1.54) is 0 Å². The first-order chi connectivity index (χ1) is 12.2. The number of hydrogen-bond acceptors (Lipinski definition) is 4. The number of fused-ring (bicyclic) bond motifs is 1. The lowest BCUT2D eigenvalue weighted by molar-refractivity contribution is -0.130. The summed E-state index contributed by atoms with van der Waals surface area (Å²) in [5.41, 5.74) is 1.55. The van der Waals surface area contributed by atoms with Gasteiger partial charge in [-0.15, -0.1) is 0 Å². The van der Waals surface area contributed by atoms with Crippen LogP contribution in [0.4, 0.5) is 0 Å². The summed E-state index contributed by atoms with van der Waals surface area (Å²) in [5, 5.41) is 10.4. The highest BCUT2D eigenvalue weighted by Gasteiger charge is 2.31. The van der Waals surface area contributed by atoms with Crippen LogP contribution in [0.5, 0.6) is 0 Å². The Morgan fingerprint density at radius 2 is 1.80 bits per heavy atom. The fourth-order valence-corrected chi connectivity index (χ4v) is 2.69. The molecule has 4 rings (SSSR count). The Labute approximate surface area is 144 Å². The predicted molar refractivity (Wildman–Crippen MR) is 91.9 cm³/mol. The number of carbonyl (C=O) groups is 2. The molecule has 6 heteroatoms. The average Bonchev–Trinajstić information content (AvgIpc) is 3.35. The number of nitrogens with zero attached hydrogens (tertiary/aromatic N) is 1. The zero-order chi connectivity index (χ0) is 17.2. The second-order valence-corrected chi connectivity index (χ2v) is 6.10. The summed E-state index contributed by atoms with van der Waals surface area (Å²) in [5.74, 6) is -0.931. The molecule has 2 aromatic carbocycles. The lowest BCUT2D eigenvalue weighted by Gasteiger charge is -2.17. The molecule has 1 fully saturated rings. The summed E-state index contributed by atoms with van der Waals surface area (Å²) in [6, 6.07) is 16.5. The van der Waals surface area contributed by atoms with Gasteiger partial charge < -0.3 is 10.1 Å². The number of esters is 1. The molecule has 25 heavy (non-hydrogen) atoms. The van der Waals surface area contributed by atoms with Crippen LogP contribution in [-0.4, -0.2) is 28.1 Å². The molecule has 1 atom stereocenters. The van der Waals surface area contributed by atoms with E-state index in [1.54, 1.807) is 18.2 Å². The highest BCUT2D eigenvalue weighted by atomic mass is 16.5. The van der Waals surface area contributed by atoms with Crippen LogP contribution in [-0.2, 0) is 9.53 Å². The van der Waals surface area contributed by atoms with Crippen molar-refractivity contribution in [3.63, 3.8) is 0 Å². The van der Waals surface area contributed by atoms with Gasteiger partial charge in [0.1, 0.15) is 0 Å². The number of H-pyrrole nitrogens is 1. The summed E-state index contributed by atoms with van der Waals surface area (Å²) in [6.45, 7) is 0. The normalized spacial score (nSPS) is 14.9. The highest BCUT2D eigenvalue weighted by molar-refractivity contribution is 6.02. The fourth-order valence-electron chi connectivity index (χ4n) is 2.69. The minimum atomic E-state index is -0.996. The van der Waals surface area contributed by atoms with Crippen LogP contribution in [0, 0.1) is 0 Å². The summed E-state index contributed by atoms with van der Waals surface area (Å²) in [6.07, 6.45) is 0.931. The first-order valence-electron chi connectivity index (χ1n) is 8.22. The van der Waals surface area contributed by atoms with Gasteiger partial charge in [0.2, 0.25) is 6.10 Å². The average molecular weight is 335 g/mol. The van der Waals surface area contributed by atoms with E-state index in [4.69, 9.17) is 4.74 Å². The molecule has 126 valence electrons. The van der Waals surface area contributed by atoms with Gasteiger partial charge >= 0.3 is 5.97 Å². The molecule has 1 heterocycles. The van der Waals surface area contributed by atoms with Gasteiger partial charge in [-0.05, 0) is 18.9 Å². The minimum absolute atomic E-state index is 0.177. The number of para-hydroxylation sites is 1. The van der Waals surface area contributed by atoms with Crippen LogP contribution in [0.2, 0.25) is 0 Å². The van der Waals surface area contributed by atoms with E-state index in [0.29, 0.717) is 10.9 Å². The number of nitrogens with one attached hydrogen (secondary N) is 2. The molecule has 0 saturated heterocycles. The van der Waals surface area contributed by atoms with Gasteiger partial charge in [0.15, 0.2) is 5.69 Å². The first-order valence-corrected chi connectivity index (χ1v) is 8.22. The highest BCUT2D eigenvalue weighted by Crippen LogP contribution is 2.25. The molecular weight excluding hydrogens is 318 g/mol. The van der Waals surface area contributed by atoms with Gasteiger partial charge in [-0.3, -0.25) is 9.89 Å². The lowest BCUT2D eigenvalue weighted by atomic mass is 10.1. The Balaban J connectivity index is 1.61. The molecule has 1 saturated carbocycles. The van der Waals surface area contributed by atoms with Gasteiger partial charge in [-0.2, -0.15) is 5.10 Å². The van der Waals surface area contributed by atoms with E-state index in [0.717, 1.165) is 18.4 Å². The molecule has 1 aromatic heterocycles. The monoisotopic (exact) mass is 335 g/mol. The summed E-state index contributed by atoms with van der Waals surface area (Å²) in [4.78, 5) is 25.2. The maximum atomic E-state index is 12.6. The number of aromatic nitrogens is 2. The van der Waals surface area contributed by atoms with Crippen LogP contribution in [0.25, 0.3) is 10.9 Å². The molecule has 0 spiro atoms. The maximum Gasteiger partial charge on any atom is 0.360 e. The molecule has 0 aliphatic heterocycles. The van der Waals surface area contributed by atoms with Gasteiger partial charge in [0.05, 0.1) is 5.52 Å². The van der Waals surface area contributed by atoms with Crippen LogP contribution < -0.4 is 5.32 Å². The molecular formula is C19H17N3O3. The number of hydrogen-bond donors (Lipinski definition) is 2. The Morgan fingerprint density at radius 1 is 1.08 bits per heavy atom. The minimum Gasteiger partial charge on any atom is -0.442 e. The molecule has 0 radical (unpaired) electrons. The SMILES string of the molecule is O=C(O[C@@H](C(=O)NC1CC1)c1ccccc1)c1n[nH]c2ccccc12. The number of rotatable bonds is 5. The van der Waals surface area contributed by atoms with Crippen molar-refractivity contribution in [1.82, 2.24) is 15.5 Å². The number of amides is 1. The van der Waals surface area contributed by atoms with E-state index >= 15 is 0 Å². The Kier molecular flexibility index (Phi) is 3.93. The summed E-state index contributed by atoms with van der Waals surface area (Å²) >= 11 is 0.